The first-order valence-electron chi connectivity index (χ1n) is 40.2. The van der Waals surface area contributed by atoms with E-state index in [0.717, 1.165) is 114 Å². The first-order valence-corrected chi connectivity index (χ1v) is 43.2. The fraction of sp³-hybridized carbons (Fsp3) is 0.949. The maximum absolute atomic E-state index is 13.1. The zero-order valence-electron chi connectivity index (χ0n) is 63.7. The second kappa shape index (κ2) is 67.2. The van der Waals surface area contributed by atoms with Crippen molar-refractivity contribution in [1.29, 1.82) is 0 Å². The highest BCUT2D eigenvalue weighted by molar-refractivity contribution is 7.47. The molecular weight excluding hydrogens is 1270 g/mol. The Morgan fingerprint density at radius 3 is 0.732 bits per heavy atom. The number of unbranched alkanes of at least 4 members (excludes halogenated alkanes) is 40. The molecule has 0 aromatic heterocycles. The van der Waals surface area contributed by atoms with Crippen molar-refractivity contribution >= 4 is 39.5 Å². The van der Waals surface area contributed by atoms with Crippen LogP contribution in [0.25, 0.3) is 0 Å². The van der Waals surface area contributed by atoms with Crippen molar-refractivity contribution in [3.8, 4) is 0 Å². The summed E-state index contributed by atoms with van der Waals surface area (Å²) < 4.78 is 68.6. The molecule has 0 aliphatic rings. The Hall–Kier alpha value is -1.94. The van der Waals surface area contributed by atoms with Crippen LogP contribution in [0.1, 0.15) is 396 Å². The molecule has 4 unspecified atom stereocenters. The van der Waals surface area contributed by atoms with E-state index in [9.17, 15) is 43.2 Å². The van der Waals surface area contributed by atoms with Gasteiger partial charge in [-0.1, -0.05) is 344 Å². The number of aliphatic hydroxyl groups excluding tert-OH is 1. The lowest BCUT2D eigenvalue weighted by molar-refractivity contribution is -0.161. The Labute approximate surface area is 594 Å². The maximum atomic E-state index is 13.1. The first-order chi connectivity index (χ1) is 46.6. The standard InChI is InChI=1S/C78H152O17P2/c1-9-71(8)57-49-41-33-25-19-12-10-11-13-21-27-35-44-52-60-77(82)95-74(65-89-76(81)59-51-43-37-29-32-40-48-56-70(6)7)67-93-97(86,87)91-63-72(79)62-90-96(84,85)92-66-73(94-78(83)61-53-45-36-28-22-16-18-24-31-39-47-55-69(4)5)64-88-75(80)58-50-42-34-26-20-15-14-17-23-30-38-46-54-68(2)3/h68-74,79H,9-67H2,1-8H3,(H,84,85)(H,86,87)/t71?,72?,73-,74-/m1/s1. The average molecular weight is 1420 g/mol. The lowest BCUT2D eigenvalue weighted by atomic mass is 9.99. The predicted molar refractivity (Wildman–Crippen MR) is 395 cm³/mol. The monoisotopic (exact) mass is 1420 g/mol. The van der Waals surface area contributed by atoms with Crippen LogP contribution in [0.3, 0.4) is 0 Å². The molecule has 19 heteroatoms. The third kappa shape index (κ3) is 70.9. The molecule has 0 aliphatic heterocycles. The van der Waals surface area contributed by atoms with Crippen molar-refractivity contribution in [3.05, 3.63) is 0 Å². The van der Waals surface area contributed by atoms with Crippen LogP contribution in [0.15, 0.2) is 0 Å². The highest BCUT2D eigenvalue weighted by Crippen LogP contribution is 2.45. The third-order valence-electron chi connectivity index (χ3n) is 18.4. The minimum atomic E-state index is -4.96. The zero-order chi connectivity index (χ0) is 71.7. The average Bonchev–Trinajstić information content (AvgIpc) is 1.72. The van der Waals surface area contributed by atoms with Gasteiger partial charge in [-0.25, -0.2) is 9.13 Å². The second-order valence-electron chi connectivity index (χ2n) is 29.8. The summed E-state index contributed by atoms with van der Waals surface area (Å²) in [5.74, 6) is 0.980. The number of hydrogen-bond donors (Lipinski definition) is 3. The van der Waals surface area contributed by atoms with Crippen LogP contribution < -0.4 is 0 Å². The van der Waals surface area contributed by atoms with Gasteiger partial charge in [0.15, 0.2) is 12.2 Å². The summed E-state index contributed by atoms with van der Waals surface area (Å²) in [6, 6.07) is 0. The molecule has 0 fully saturated rings. The molecule has 0 spiro atoms. The molecule has 97 heavy (non-hydrogen) atoms. The highest BCUT2D eigenvalue weighted by Gasteiger charge is 2.30. The molecule has 3 N–H and O–H groups in total. The van der Waals surface area contributed by atoms with Crippen molar-refractivity contribution in [2.24, 2.45) is 23.7 Å². The van der Waals surface area contributed by atoms with Crippen molar-refractivity contribution in [3.63, 3.8) is 0 Å². The Morgan fingerprint density at radius 2 is 0.495 bits per heavy atom. The molecule has 0 radical (unpaired) electrons. The number of hydrogen-bond acceptors (Lipinski definition) is 15. The summed E-state index contributed by atoms with van der Waals surface area (Å²) in [6.07, 6.45) is 52.7. The van der Waals surface area contributed by atoms with Crippen LogP contribution in [-0.2, 0) is 65.4 Å². The summed E-state index contributed by atoms with van der Waals surface area (Å²) in [5.41, 5.74) is 0. The van der Waals surface area contributed by atoms with Crippen molar-refractivity contribution in [2.45, 2.75) is 414 Å². The lowest BCUT2D eigenvalue weighted by Gasteiger charge is -2.21. The second-order valence-corrected chi connectivity index (χ2v) is 32.7. The normalized spacial score (nSPS) is 14.4. The molecule has 17 nitrogen and oxygen atoms in total. The van der Waals surface area contributed by atoms with Crippen LogP contribution in [0, 0.1) is 23.7 Å². The van der Waals surface area contributed by atoms with E-state index >= 15 is 0 Å². The van der Waals surface area contributed by atoms with Gasteiger partial charge < -0.3 is 33.8 Å². The number of carbonyl (C=O) groups is 4. The van der Waals surface area contributed by atoms with Gasteiger partial charge in [-0.15, -0.1) is 0 Å². The van der Waals surface area contributed by atoms with Crippen molar-refractivity contribution in [1.82, 2.24) is 0 Å². The van der Waals surface area contributed by atoms with Gasteiger partial charge in [-0.05, 0) is 49.4 Å². The van der Waals surface area contributed by atoms with Gasteiger partial charge >= 0.3 is 39.5 Å². The quantitative estimate of drug-likeness (QED) is 0.0222. The summed E-state index contributed by atoms with van der Waals surface area (Å²) in [5, 5.41) is 10.6. The number of aliphatic hydroxyl groups is 1. The Morgan fingerprint density at radius 1 is 0.289 bits per heavy atom. The topological polar surface area (TPSA) is 237 Å². The van der Waals surface area contributed by atoms with E-state index in [1.165, 1.54) is 193 Å². The van der Waals surface area contributed by atoms with Crippen molar-refractivity contribution < 1.29 is 80.2 Å². The SMILES string of the molecule is CCC(C)CCCCCCCCCCCCCCCCC(=O)O[C@H](COC(=O)CCCCCCCCCC(C)C)COP(=O)(O)OCC(O)COP(=O)(O)OC[C@@H](COC(=O)CCCCCCCCCCCCCCC(C)C)OC(=O)CCCCCCCCCCCCCC(C)C. The molecule has 0 aliphatic carbocycles. The summed E-state index contributed by atoms with van der Waals surface area (Å²) in [7, 11) is -9.92. The molecule has 0 saturated carbocycles. The number of esters is 4. The van der Waals surface area contributed by atoms with Gasteiger partial charge in [0.25, 0.3) is 0 Å². The molecule has 0 heterocycles. The first kappa shape index (κ1) is 95.1. The van der Waals surface area contributed by atoms with E-state index in [1.807, 2.05) is 0 Å². The molecule has 0 aromatic carbocycles. The largest absolute Gasteiger partial charge is 0.472 e. The van der Waals surface area contributed by atoms with E-state index in [4.69, 9.17) is 37.0 Å². The van der Waals surface area contributed by atoms with Crippen LogP contribution in [-0.4, -0.2) is 96.7 Å². The van der Waals surface area contributed by atoms with Gasteiger partial charge in [0.1, 0.15) is 19.3 Å². The lowest BCUT2D eigenvalue weighted by Crippen LogP contribution is -2.30. The fourth-order valence-electron chi connectivity index (χ4n) is 11.9. The maximum Gasteiger partial charge on any atom is 0.472 e. The Kier molecular flexibility index (Phi) is 65.9. The smallest absolute Gasteiger partial charge is 0.462 e. The molecule has 0 saturated heterocycles. The van der Waals surface area contributed by atoms with Crippen LogP contribution in [0.4, 0.5) is 0 Å². The summed E-state index contributed by atoms with van der Waals surface area (Å²) in [6.45, 7) is 14.2. The number of rotatable bonds is 75. The van der Waals surface area contributed by atoms with E-state index in [1.54, 1.807) is 0 Å². The van der Waals surface area contributed by atoms with Gasteiger partial charge in [0.05, 0.1) is 26.4 Å². The third-order valence-corrected chi connectivity index (χ3v) is 20.3. The van der Waals surface area contributed by atoms with Gasteiger partial charge in [-0.3, -0.25) is 37.3 Å². The minimum Gasteiger partial charge on any atom is -0.462 e. The minimum absolute atomic E-state index is 0.106. The number of phosphoric acid groups is 2. The Bertz CT molecular complexity index is 1900. The number of ether oxygens (including phenoxy) is 4. The molecule has 0 rings (SSSR count). The fourth-order valence-corrected chi connectivity index (χ4v) is 13.5. The number of carbonyl (C=O) groups excluding carboxylic acids is 4. The molecular formula is C78H152O17P2. The zero-order valence-corrected chi connectivity index (χ0v) is 65.5. The van der Waals surface area contributed by atoms with Gasteiger partial charge in [-0.2, -0.15) is 0 Å². The Balaban J connectivity index is 5.24. The van der Waals surface area contributed by atoms with Crippen LogP contribution >= 0.6 is 15.6 Å². The van der Waals surface area contributed by atoms with Crippen molar-refractivity contribution in [2.75, 3.05) is 39.6 Å². The molecule has 0 amide bonds. The summed E-state index contributed by atoms with van der Waals surface area (Å²) >= 11 is 0. The highest BCUT2D eigenvalue weighted by atomic mass is 31.2. The van der Waals surface area contributed by atoms with E-state index < -0.39 is 97.5 Å². The van der Waals surface area contributed by atoms with Gasteiger partial charge in [0, 0.05) is 25.7 Å². The van der Waals surface area contributed by atoms with Gasteiger partial charge in [0.2, 0.25) is 0 Å². The van der Waals surface area contributed by atoms with E-state index in [0.29, 0.717) is 31.6 Å². The molecule has 0 bridgehead atoms. The molecule has 6 atom stereocenters. The molecule has 0 aromatic rings. The van der Waals surface area contributed by atoms with E-state index in [-0.39, 0.29) is 25.7 Å². The van der Waals surface area contributed by atoms with Crippen LogP contribution in [0.5, 0.6) is 0 Å². The molecule has 576 valence electrons. The number of phosphoric ester groups is 2. The predicted octanol–water partition coefficient (Wildman–Crippen LogP) is 22.8. The van der Waals surface area contributed by atoms with E-state index in [2.05, 4.69) is 55.4 Å². The van der Waals surface area contributed by atoms with Crippen LogP contribution in [0.2, 0.25) is 0 Å². The summed E-state index contributed by atoms with van der Waals surface area (Å²) in [4.78, 5) is 72.9.